The summed E-state index contributed by atoms with van der Waals surface area (Å²) >= 11 is 1.55. The van der Waals surface area contributed by atoms with Gasteiger partial charge in [0.2, 0.25) is 0 Å². The molecule has 35 heavy (non-hydrogen) atoms. The lowest BCUT2D eigenvalue weighted by atomic mass is 10.2. The highest BCUT2D eigenvalue weighted by Crippen LogP contribution is 2.33. The number of halogens is 1. The molecule has 0 aliphatic carbocycles. The van der Waals surface area contributed by atoms with E-state index in [9.17, 15) is 4.39 Å². The third kappa shape index (κ3) is 4.86. The van der Waals surface area contributed by atoms with Gasteiger partial charge in [0, 0.05) is 57.8 Å². The van der Waals surface area contributed by atoms with Crippen LogP contribution in [0.15, 0.2) is 41.8 Å². The lowest BCUT2D eigenvalue weighted by Crippen LogP contribution is -2.47. The minimum absolute atomic E-state index is 0.252. The fourth-order valence-corrected chi connectivity index (χ4v) is 5.18. The third-order valence-corrected chi connectivity index (χ3v) is 7.31. The fraction of sp³-hybridized carbons (Fsp3) is 0.400. The maximum atomic E-state index is 13.3. The summed E-state index contributed by atoms with van der Waals surface area (Å²) in [6.45, 7) is 7.66. The maximum Gasteiger partial charge on any atom is 0.191 e. The molecule has 5 rings (SSSR count). The van der Waals surface area contributed by atoms with Gasteiger partial charge < -0.3 is 14.5 Å². The second-order valence-corrected chi connectivity index (χ2v) is 9.44. The van der Waals surface area contributed by atoms with Crippen molar-refractivity contribution < 1.29 is 9.13 Å². The number of nitrogens with zero attached hydrogens (tertiary/aromatic N) is 7. The fourth-order valence-electron chi connectivity index (χ4n) is 4.38. The smallest absolute Gasteiger partial charge is 0.191 e. The molecule has 0 radical (unpaired) electrons. The molecule has 184 valence electrons. The Morgan fingerprint density at radius 2 is 1.83 bits per heavy atom. The zero-order valence-electron chi connectivity index (χ0n) is 20.3. The van der Waals surface area contributed by atoms with Crippen LogP contribution in [-0.2, 0) is 11.2 Å². The number of hydrogen-bond donors (Lipinski definition) is 0. The van der Waals surface area contributed by atoms with Crippen LogP contribution in [0.4, 0.5) is 21.2 Å². The first-order chi connectivity index (χ1) is 17.1. The van der Waals surface area contributed by atoms with Crippen LogP contribution in [0.3, 0.4) is 0 Å². The van der Waals surface area contributed by atoms with Crippen molar-refractivity contribution in [3.63, 3.8) is 0 Å². The summed E-state index contributed by atoms with van der Waals surface area (Å²) in [6.07, 6.45) is 0.784. The average molecular weight is 496 g/mol. The van der Waals surface area contributed by atoms with Crippen molar-refractivity contribution in [3.05, 3.63) is 53.3 Å². The zero-order chi connectivity index (χ0) is 24.4. The van der Waals surface area contributed by atoms with E-state index in [-0.39, 0.29) is 5.82 Å². The Morgan fingerprint density at radius 3 is 2.54 bits per heavy atom. The minimum atomic E-state index is -0.252. The second-order valence-electron chi connectivity index (χ2n) is 8.60. The molecule has 0 spiro atoms. The number of thiazole rings is 1. The van der Waals surface area contributed by atoms with Gasteiger partial charge in [0.1, 0.15) is 11.6 Å². The third-order valence-electron chi connectivity index (χ3n) is 6.39. The Morgan fingerprint density at radius 1 is 1.06 bits per heavy atom. The number of aryl methyl sites for hydroxylation is 1. The Kier molecular flexibility index (Phi) is 6.94. The lowest BCUT2D eigenvalue weighted by molar-refractivity contribution is 0.144. The molecule has 1 aromatic carbocycles. The van der Waals surface area contributed by atoms with E-state index in [0.29, 0.717) is 0 Å². The molecule has 0 bridgehead atoms. The van der Waals surface area contributed by atoms with Crippen molar-refractivity contribution in [2.45, 2.75) is 13.3 Å². The number of aromatic nitrogens is 4. The lowest BCUT2D eigenvalue weighted by Gasteiger charge is -2.35. The number of rotatable bonds is 8. The summed E-state index contributed by atoms with van der Waals surface area (Å²) in [5.41, 5.74) is 3.51. The molecule has 10 heteroatoms. The highest BCUT2D eigenvalue weighted by Gasteiger charge is 2.22. The molecule has 1 saturated heterocycles. The summed E-state index contributed by atoms with van der Waals surface area (Å²) in [5, 5.41) is 7.84. The number of imidazole rings is 1. The normalized spacial score (nSPS) is 14.7. The monoisotopic (exact) mass is 495 g/mol. The Labute approximate surface area is 208 Å². The minimum Gasteiger partial charge on any atom is -0.383 e. The Hall–Kier alpha value is -3.08. The predicted molar refractivity (Wildman–Crippen MR) is 138 cm³/mol. The van der Waals surface area contributed by atoms with Gasteiger partial charge in [-0.1, -0.05) is 6.92 Å². The van der Waals surface area contributed by atoms with Gasteiger partial charge >= 0.3 is 0 Å². The van der Waals surface area contributed by atoms with E-state index in [4.69, 9.17) is 19.8 Å². The van der Waals surface area contributed by atoms with Crippen molar-refractivity contribution in [1.29, 1.82) is 0 Å². The van der Waals surface area contributed by atoms with Crippen LogP contribution in [0, 0.1) is 5.82 Å². The van der Waals surface area contributed by atoms with Crippen molar-refractivity contribution in [1.82, 2.24) is 24.5 Å². The first-order valence-electron chi connectivity index (χ1n) is 11.9. The summed E-state index contributed by atoms with van der Waals surface area (Å²) in [7, 11) is 3.74. The first kappa shape index (κ1) is 23.7. The van der Waals surface area contributed by atoms with E-state index in [1.165, 1.54) is 12.1 Å². The molecule has 0 amide bonds. The molecule has 1 fully saturated rings. The predicted octanol–water partition coefficient (Wildman–Crippen LogP) is 4.09. The van der Waals surface area contributed by atoms with Crippen molar-refractivity contribution in [2.24, 2.45) is 0 Å². The van der Waals surface area contributed by atoms with Crippen LogP contribution in [0.5, 0.6) is 0 Å². The summed E-state index contributed by atoms with van der Waals surface area (Å²) in [4.78, 5) is 16.5. The molecule has 0 N–H and O–H groups in total. The van der Waals surface area contributed by atoms with Gasteiger partial charge in [0.15, 0.2) is 16.6 Å². The van der Waals surface area contributed by atoms with Crippen LogP contribution in [0.25, 0.3) is 16.9 Å². The van der Waals surface area contributed by atoms with Gasteiger partial charge in [-0.05, 0) is 42.8 Å². The van der Waals surface area contributed by atoms with Gasteiger partial charge in [-0.15, -0.1) is 16.4 Å². The molecular formula is C25H30FN7OS. The van der Waals surface area contributed by atoms with Crippen LogP contribution in [0.1, 0.15) is 12.6 Å². The zero-order valence-corrected chi connectivity index (χ0v) is 21.1. The standard InChI is InChI=1S/C25H30FN7OS/c1-4-20-24(30(2)25-28-21(17-35-25)18-5-7-19(26)8-6-18)33-22(27-20)9-10-23(29-33)32-13-11-31(12-14-32)15-16-34-3/h5-10,17H,4,11-16H2,1-3H3. The van der Waals surface area contributed by atoms with E-state index in [2.05, 4.69) is 27.7 Å². The highest BCUT2D eigenvalue weighted by molar-refractivity contribution is 7.14. The SMILES string of the molecule is CCc1nc2ccc(N3CCN(CCOC)CC3)nn2c1N(C)c1nc(-c2ccc(F)cc2)cs1. The molecule has 4 heterocycles. The number of methoxy groups -OCH3 is 1. The van der Waals surface area contributed by atoms with Crippen molar-refractivity contribution in [3.8, 4) is 11.3 Å². The molecule has 0 unspecified atom stereocenters. The maximum absolute atomic E-state index is 13.3. The van der Waals surface area contributed by atoms with E-state index in [1.807, 2.05) is 23.0 Å². The first-order valence-corrected chi connectivity index (χ1v) is 12.8. The van der Waals surface area contributed by atoms with Gasteiger partial charge in [-0.2, -0.15) is 4.52 Å². The second kappa shape index (κ2) is 10.3. The summed E-state index contributed by atoms with van der Waals surface area (Å²) in [5.74, 6) is 1.62. The molecular weight excluding hydrogens is 465 g/mol. The van der Waals surface area contributed by atoms with Crippen molar-refractivity contribution >= 4 is 33.8 Å². The van der Waals surface area contributed by atoms with Crippen LogP contribution >= 0.6 is 11.3 Å². The number of fused-ring (bicyclic) bond motifs is 1. The molecule has 0 saturated carbocycles. The van der Waals surface area contributed by atoms with Crippen LogP contribution < -0.4 is 9.80 Å². The van der Waals surface area contributed by atoms with Gasteiger partial charge in [-0.3, -0.25) is 4.90 Å². The Bertz CT molecular complexity index is 1280. The van der Waals surface area contributed by atoms with Crippen LogP contribution in [0.2, 0.25) is 0 Å². The van der Waals surface area contributed by atoms with Gasteiger partial charge in [0.25, 0.3) is 0 Å². The largest absolute Gasteiger partial charge is 0.383 e. The van der Waals surface area contributed by atoms with E-state index in [0.717, 1.165) is 85.1 Å². The average Bonchev–Trinajstić information content (AvgIpc) is 3.52. The van der Waals surface area contributed by atoms with Gasteiger partial charge in [-0.25, -0.2) is 14.4 Å². The number of benzene rings is 1. The molecule has 0 atom stereocenters. The van der Waals surface area contributed by atoms with Crippen LogP contribution in [-0.4, -0.2) is 78.0 Å². The van der Waals surface area contributed by atoms with E-state index in [1.54, 1.807) is 30.6 Å². The topological polar surface area (TPSA) is 62.0 Å². The van der Waals surface area contributed by atoms with E-state index >= 15 is 0 Å². The molecule has 1 aliphatic heterocycles. The van der Waals surface area contributed by atoms with Gasteiger partial charge in [0.05, 0.1) is 18.0 Å². The highest BCUT2D eigenvalue weighted by atomic mass is 32.1. The number of ether oxygens (including phenoxy) is 1. The number of anilines is 3. The molecule has 8 nitrogen and oxygen atoms in total. The van der Waals surface area contributed by atoms with Crippen molar-refractivity contribution in [2.75, 3.05) is 63.3 Å². The Balaban J connectivity index is 1.42. The number of piperazine rings is 1. The number of hydrogen-bond acceptors (Lipinski definition) is 8. The molecule has 3 aromatic heterocycles. The molecule has 1 aliphatic rings. The summed E-state index contributed by atoms with van der Waals surface area (Å²) < 4.78 is 20.5. The van der Waals surface area contributed by atoms with E-state index < -0.39 is 0 Å². The summed E-state index contributed by atoms with van der Waals surface area (Å²) in [6, 6.07) is 10.5. The molecule has 4 aromatic rings. The quantitative estimate of drug-likeness (QED) is 0.365.